The molecule has 2 aromatic carbocycles. The first kappa shape index (κ1) is 12.7. The average molecular weight is 312 g/mol. The molecule has 0 fully saturated rings. The number of rotatable bonds is 2. The van der Waals surface area contributed by atoms with Crippen LogP contribution in [0.15, 0.2) is 46.9 Å². The number of hydrogen-bond acceptors (Lipinski definition) is 1. The van der Waals surface area contributed by atoms with Crippen molar-refractivity contribution in [1.82, 2.24) is 0 Å². The third-order valence-electron chi connectivity index (χ3n) is 2.30. The largest absolute Gasteiger partial charge is 0.321 e. The van der Waals surface area contributed by atoms with Crippen LogP contribution >= 0.6 is 15.9 Å². The van der Waals surface area contributed by atoms with Crippen LogP contribution in [0.3, 0.4) is 0 Å². The van der Waals surface area contributed by atoms with Crippen molar-refractivity contribution in [2.24, 2.45) is 0 Å². The summed E-state index contributed by atoms with van der Waals surface area (Å²) in [7, 11) is 0. The smallest absolute Gasteiger partial charge is 0.258 e. The molecule has 0 aliphatic heterocycles. The molecule has 92 valence electrons. The summed E-state index contributed by atoms with van der Waals surface area (Å²) in [6.07, 6.45) is 0. The van der Waals surface area contributed by atoms with Gasteiger partial charge in [-0.05, 0) is 46.3 Å². The molecule has 0 unspecified atom stereocenters. The number of anilines is 1. The van der Waals surface area contributed by atoms with Crippen LogP contribution in [-0.2, 0) is 0 Å². The predicted molar refractivity (Wildman–Crippen MR) is 68.5 cm³/mol. The minimum Gasteiger partial charge on any atom is -0.321 e. The summed E-state index contributed by atoms with van der Waals surface area (Å²) in [6, 6.07) is 9.48. The van der Waals surface area contributed by atoms with E-state index >= 15 is 0 Å². The fourth-order valence-corrected chi connectivity index (χ4v) is 1.88. The Morgan fingerprint density at radius 3 is 2.50 bits per heavy atom. The molecule has 0 aromatic heterocycles. The molecule has 2 aromatic rings. The van der Waals surface area contributed by atoms with Gasteiger partial charge in [0.1, 0.15) is 11.6 Å². The molecule has 0 radical (unpaired) electrons. The van der Waals surface area contributed by atoms with Gasteiger partial charge in [-0.3, -0.25) is 4.79 Å². The second kappa shape index (κ2) is 5.27. The Labute approximate surface area is 111 Å². The molecule has 0 spiro atoms. The number of carbonyl (C=O) groups excluding carboxylic acids is 1. The van der Waals surface area contributed by atoms with Gasteiger partial charge in [-0.15, -0.1) is 0 Å². The standard InChI is InChI=1S/C13H8BrF2NO/c14-10-7-8(15)5-6-12(10)17-13(18)9-3-1-2-4-11(9)16/h1-7H,(H,17,18). The summed E-state index contributed by atoms with van der Waals surface area (Å²) >= 11 is 3.12. The summed E-state index contributed by atoms with van der Waals surface area (Å²) < 4.78 is 26.6. The number of carbonyl (C=O) groups is 1. The van der Waals surface area contributed by atoms with E-state index in [4.69, 9.17) is 0 Å². The minimum absolute atomic E-state index is 0.0614. The molecule has 0 aliphatic carbocycles. The van der Waals surface area contributed by atoms with Gasteiger partial charge in [0.05, 0.1) is 11.3 Å². The zero-order valence-corrected chi connectivity index (χ0v) is 10.7. The van der Waals surface area contributed by atoms with Crippen LogP contribution < -0.4 is 5.32 Å². The molecule has 0 aliphatic rings. The van der Waals surface area contributed by atoms with Crippen LogP contribution in [0.5, 0.6) is 0 Å². The molecule has 5 heteroatoms. The molecule has 2 nitrogen and oxygen atoms in total. The number of amides is 1. The van der Waals surface area contributed by atoms with Gasteiger partial charge < -0.3 is 5.32 Å². The Balaban J connectivity index is 2.24. The molecule has 0 saturated carbocycles. The summed E-state index contributed by atoms with van der Waals surface area (Å²) in [6.45, 7) is 0. The van der Waals surface area contributed by atoms with Crippen molar-refractivity contribution in [2.45, 2.75) is 0 Å². The molecule has 1 amide bonds. The van der Waals surface area contributed by atoms with E-state index < -0.39 is 17.5 Å². The lowest BCUT2D eigenvalue weighted by atomic mass is 10.2. The Morgan fingerprint density at radius 2 is 1.83 bits per heavy atom. The minimum atomic E-state index is -0.603. The van der Waals surface area contributed by atoms with Crippen molar-refractivity contribution >= 4 is 27.5 Å². The van der Waals surface area contributed by atoms with E-state index in [1.807, 2.05) is 0 Å². The first-order valence-corrected chi connectivity index (χ1v) is 5.88. The number of nitrogens with one attached hydrogen (secondary N) is 1. The van der Waals surface area contributed by atoms with E-state index in [9.17, 15) is 13.6 Å². The summed E-state index contributed by atoms with van der Waals surface area (Å²) in [5, 5.41) is 2.50. The van der Waals surface area contributed by atoms with Gasteiger partial charge in [0.15, 0.2) is 0 Å². The highest BCUT2D eigenvalue weighted by Gasteiger charge is 2.12. The van der Waals surface area contributed by atoms with E-state index in [-0.39, 0.29) is 5.56 Å². The van der Waals surface area contributed by atoms with Crippen molar-refractivity contribution in [3.05, 3.63) is 64.1 Å². The summed E-state index contributed by atoms with van der Waals surface area (Å²) in [5.74, 6) is -1.61. The molecule has 1 N–H and O–H groups in total. The predicted octanol–water partition coefficient (Wildman–Crippen LogP) is 3.98. The molecule has 18 heavy (non-hydrogen) atoms. The van der Waals surface area contributed by atoms with Crippen LogP contribution in [-0.4, -0.2) is 5.91 Å². The highest BCUT2D eigenvalue weighted by Crippen LogP contribution is 2.23. The summed E-state index contributed by atoms with van der Waals surface area (Å²) in [4.78, 5) is 11.8. The molecular formula is C13H8BrF2NO. The topological polar surface area (TPSA) is 29.1 Å². The fourth-order valence-electron chi connectivity index (χ4n) is 1.43. The zero-order chi connectivity index (χ0) is 13.1. The van der Waals surface area contributed by atoms with E-state index in [0.717, 1.165) is 0 Å². The van der Waals surface area contributed by atoms with E-state index in [1.165, 1.54) is 36.4 Å². The molecule has 0 saturated heterocycles. The average Bonchev–Trinajstić information content (AvgIpc) is 2.33. The van der Waals surface area contributed by atoms with Gasteiger partial charge in [0.2, 0.25) is 0 Å². The van der Waals surface area contributed by atoms with Gasteiger partial charge in [-0.25, -0.2) is 8.78 Å². The van der Waals surface area contributed by atoms with Crippen molar-refractivity contribution < 1.29 is 13.6 Å². The maximum Gasteiger partial charge on any atom is 0.258 e. The molecule has 0 heterocycles. The monoisotopic (exact) mass is 311 g/mol. The fraction of sp³-hybridized carbons (Fsp3) is 0. The van der Waals surface area contributed by atoms with Crippen LogP contribution in [0, 0.1) is 11.6 Å². The molecule has 2 rings (SSSR count). The Kier molecular flexibility index (Phi) is 3.72. The lowest BCUT2D eigenvalue weighted by Gasteiger charge is -2.07. The maximum atomic E-state index is 13.4. The highest BCUT2D eigenvalue weighted by atomic mass is 79.9. The number of hydrogen-bond donors (Lipinski definition) is 1. The third kappa shape index (κ3) is 2.73. The van der Waals surface area contributed by atoms with Gasteiger partial charge in [0.25, 0.3) is 5.91 Å². The van der Waals surface area contributed by atoms with Crippen molar-refractivity contribution in [3.8, 4) is 0 Å². The van der Waals surface area contributed by atoms with Crippen LogP contribution in [0.2, 0.25) is 0 Å². The van der Waals surface area contributed by atoms with Crippen LogP contribution in [0.25, 0.3) is 0 Å². The highest BCUT2D eigenvalue weighted by molar-refractivity contribution is 9.10. The van der Waals surface area contributed by atoms with Crippen molar-refractivity contribution in [2.75, 3.05) is 5.32 Å². The third-order valence-corrected chi connectivity index (χ3v) is 2.95. The molecule has 0 bridgehead atoms. The van der Waals surface area contributed by atoms with Gasteiger partial charge in [0, 0.05) is 4.47 Å². The van der Waals surface area contributed by atoms with E-state index in [0.29, 0.717) is 10.2 Å². The second-order valence-electron chi connectivity index (χ2n) is 3.56. The number of benzene rings is 2. The van der Waals surface area contributed by atoms with E-state index in [2.05, 4.69) is 21.2 Å². The summed E-state index contributed by atoms with van der Waals surface area (Å²) in [5.41, 5.74) is 0.318. The zero-order valence-electron chi connectivity index (χ0n) is 9.08. The first-order chi connectivity index (χ1) is 8.58. The van der Waals surface area contributed by atoms with Crippen molar-refractivity contribution in [3.63, 3.8) is 0 Å². The Bertz CT molecular complexity index is 601. The van der Waals surface area contributed by atoms with E-state index in [1.54, 1.807) is 6.07 Å². The normalized spacial score (nSPS) is 10.2. The SMILES string of the molecule is O=C(Nc1ccc(F)cc1Br)c1ccccc1F. The van der Waals surface area contributed by atoms with Gasteiger partial charge in [-0.2, -0.15) is 0 Å². The second-order valence-corrected chi connectivity index (χ2v) is 4.41. The lowest BCUT2D eigenvalue weighted by molar-refractivity contribution is 0.102. The van der Waals surface area contributed by atoms with Gasteiger partial charge >= 0.3 is 0 Å². The van der Waals surface area contributed by atoms with Crippen LogP contribution in [0.1, 0.15) is 10.4 Å². The van der Waals surface area contributed by atoms with Crippen molar-refractivity contribution in [1.29, 1.82) is 0 Å². The van der Waals surface area contributed by atoms with Gasteiger partial charge in [-0.1, -0.05) is 12.1 Å². The number of halogens is 3. The lowest BCUT2D eigenvalue weighted by Crippen LogP contribution is -2.14. The molecule has 0 atom stereocenters. The quantitative estimate of drug-likeness (QED) is 0.893. The molecular weight excluding hydrogens is 304 g/mol. The Hall–Kier alpha value is -1.75. The van der Waals surface area contributed by atoms with Crippen LogP contribution in [0.4, 0.5) is 14.5 Å². The first-order valence-electron chi connectivity index (χ1n) is 5.09. The Morgan fingerprint density at radius 1 is 1.11 bits per heavy atom. The maximum absolute atomic E-state index is 13.4.